The van der Waals surface area contributed by atoms with Gasteiger partial charge in [-0.15, -0.1) is 5.10 Å². The molecule has 20 heavy (non-hydrogen) atoms. The van der Waals surface area contributed by atoms with E-state index in [4.69, 9.17) is 0 Å². The summed E-state index contributed by atoms with van der Waals surface area (Å²) in [5.74, 6) is -1.36. The molecule has 1 heterocycles. The van der Waals surface area contributed by atoms with Gasteiger partial charge in [0.05, 0.1) is 11.4 Å². The molecule has 1 aromatic carbocycles. The largest absolute Gasteiger partial charge is 0.322 e. The molecule has 1 aromatic heterocycles. The van der Waals surface area contributed by atoms with E-state index in [-0.39, 0.29) is 15.9 Å². The number of nitrogens with one attached hydrogen (secondary N) is 2. The second kappa shape index (κ2) is 6.31. The average Bonchev–Trinajstić information content (AvgIpc) is 2.77. The van der Waals surface area contributed by atoms with Crippen LogP contribution in [-0.2, 0) is 4.79 Å². The van der Waals surface area contributed by atoms with E-state index in [2.05, 4.69) is 36.4 Å². The Morgan fingerprint density at radius 2 is 2.25 bits per heavy atom. The first kappa shape index (κ1) is 14.9. The molecule has 0 aliphatic heterocycles. The van der Waals surface area contributed by atoms with Crippen molar-refractivity contribution in [2.24, 2.45) is 0 Å². The van der Waals surface area contributed by atoms with Crippen molar-refractivity contribution in [2.75, 3.05) is 11.1 Å². The fraction of sp³-hybridized carbons (Fsp3) is 0.182. The van der Waals surface area contributed by atoms with Crippen molar-refractivity contribution in [3.05, 3.63) is 34.1 Å². The van der Waals surface area contributed by atoms with Crippen molar-refractivity contribution < 1.29 is 13.6 Å². The number of H-pyrrole nitrogens is 1. The van der Waals surface area contributed by atoms with Gasteiger partial charge in [0.15, 0.2) is 5.82 Å². The van der Waals surface area contributed by atoms with E-state index in [1.807, 2.05) is 0 Å². The van der Waals surface area contributed by atoms with E-state index < -0.39 is 17.5 Å². The number of carbonyl (C=O) groups is 1. The summed E-state index contributed by atoms with van der Waals surface area (Å²) in [5, 5.41) is 9.29. The lowest BCUT2D eigenvalue weighted by Gasteiger charge is -2.08. The summed E-state index contributed by atoms with van der Waals surface area (Å²) in [4.78, 5) is 15.7. The zero-order valence-corrected chi connectivity index (χ0v) is 12.6. The lowest BCUT2D eigenvalue weighted by molar-refractivity contribution is -0.113. The first-order valence-corrected chi connectivity index (χ1v) is 7.20. The number of aryl methyl sites for hydroxylation is 1. The average molecular weight is 363 g/mol. The van der Waals surface area contributed by atoms with Crippen molar-refractivity contribution >= 4 is 39.3 Å². The summed E-state index contributed by atoms with van der Waals surface area (Å²) in [6, 6.07) is 1.77. The molecule has 9 heteroatoms. The molecule has 106 valence electrons. The van der Waals surface area contributed by atoms with Gasteiger partial charge in [-0.1, -0.05) is 11.8 Å². The van der Waals surface area contributed by atoms with Crippen LogP contribution < -0.4 is 5.32 Å². The van der Waals surface area contributed by atoms with Crippen molar-refractivity contribution in [3.63, 3.8) is 0 Å². The van der Waals surface area contributed by atoms with Gasteiger partial charge in [0.2, 0.25) is 11.1 Å². The van der Waals surface area contributed by atoms with Gasteiger partial charge in [-0.3, -0.25) is 9.89 Å². The number of amides is 1. The lowest BCUT2D eigenvalue weighted by atomic mass is 10.3. The lowest BCUT2D eigenvalue weighted by Crippen LogP contribution is -2.15. The molecule has 0 atom stereocenters. The van der Waals surface area contributed by atoms with E-state index in [9.17, 15) is 13.6 Å². The predicted molar refractivity (Wildman–Crippen MR) is 74.5 cm³/mol. The Balaban J connectivity index is 1.98. The van der Waals surface area contributed by atoms with E-state index in [1.165, 1.54) is 0 Å². The van der Waals surface area contributed by atoms with Crippen LogP contribution in [0.2, 0.25) is 0 Å². The van der Waals surface area contributed by atoms with Crippen molar-refractivity contribution in [1.82, 2.24) is 15.2 Å². The standard InChI is InChI=1S/C11H9BrF2N4OS/c1-5-15-11(18-17-5)20-4-9(19)16-10-7(12)2-6(13)3-8(10)14/h2-3H,4H2,1H3,(H,16,19)(H,15,17,18). The van der Waals surface area contributed by atoms with Crippen molar-refractivity contribution in [1.29, 1.82) is 0 Å². The molecule has 2 rings (SSSR count). The summed E-state index contributed by atoms with van der Waals surface area (Å²) in [6.45, 7) is 1.74. The smallest absolute Gasteiger partial charge is 0.234 e. The first-order chi connectivity index (χ1) is 9.45. The number of halogens is 3. The third-order valence-corrected chi connectivity index (χ3v) is 3.65. The van der Waals surface area contributed by atoms with Gasteiger partial charge < -0.3 is 5.32 Å². The number of hydrogen-bond acceptors (Lipinski definition) is 4. The maximum absolute atomic E-state index is 13.5. The van der Waals surface area contributed by atoms with E-state index in [1.54, 1.807) is 6.92 Å². The maximum atomic E-state index is 13.5. The normalized spacial score (nSPS) is 10.6. The summed E-state index contributed by atoms with van der Waals surface area (Å²) in [6.07, 6.45) is 0. The van der Waals surface area contributed by atoms with Crippen LogP contribution in [0.1, 0.15) is 5.82 Å². The molecule has 2 N–H and O–H groups in total. The highest BCUT2D eigenvalue weighted by Crippen LogP contribution is 2.27. The van der Waals surface area contributed by atoms with Crippen LogP contribution >= 0.6 is 27.7 Å². The fourth-order valence-electron chi connectivity index (χ4n) is 1.35. The van der Waals surface area contributed by atoms with Crippen LogP contribution in [0.5, 0.6) is 0 Å². The van der Waals surface area contributed by atoms with Gasteiger partial charge in [0.25, 0.3) is 0 Å². The molecular weight excluding hydrogens is 354 g/mol. The van der Waals surface area contributed by atoms with Gasteiger partial charge in [0, 0.05) is 10.5 Å². The number of aromatic amines is 1. The zero-order chi connectivity index (χ0) is 14.7. The van der Waals surface area contributed by atoms with Crippen molar-refractivity contribution in [2.45, 2.75) is 12.1 Å². The van der Waals surface area contributed by atoms with Crippen LogP contribution in [-0.4, -0.2) is 26.8 Å². The molecule has 5 nitrogen and oxygen atoms in total. The number of carbonyl (C=O) groups excluding carboxylic acids is 1. The van der Waals surface area contributed by atoms with Gasteiger partial charge in [-0.05, 0) is 28.9 Å². The second-order valence-electron chi connectivity index (χ2n) is 3.78. The van der Waals surface area contributed by atoms with Crippen LogP contribution in [0.3, 0.4) is 0 Å². The molecule has 0 saturated heterocycles. The molecule has 2 aromatic rings. The number of rotatable bonds is 4. The van der Waals surface area contributed by atoms with Crippen LogP contribution in [0, 0.1) is 18.6 Å². The van der Waals surface area contributed by atoms with Crippen LogP contribution in [0.25, 0.3) is 0 Å². The zero-order valence-electron chi connectivity index (χ0n) is 10.2. The topological polar surface area (TPSA) is 70.7 Å². The molecule has 1 amide bonds. The van der Waals surface area contributed by atoms with Gasteiger partial charge in [-0.2, -0.15) is 0 Å². The third kappa shape index (κ3) is 3.76. The predicted octanol–water partition coefficient (Wildman–Crippen LogP) is 2.88. The Labute approximate surface area is 125 Å². The minimum Gasteiger partial charge on any atom is -0.322 e. The highest BCUT2D eigenvalue weighted by Gasteiger charge is 2.13. The summed E-state index contributed by atoms with van der Waals surface area (Å²) >= 11 is 4.10. The SMILES string of the molecule is Cc1nc(SCC(=O)Nc2c(F)cc(F)cc2Br)n[nH]1. The van der Waals surface area contributed by atoms with E-state index in [0.29, 0.717) is 17.0 Å². The molecule has 0 aliphatic rings. The number of aromatic nitrogens is 3. The molecule has 0 fully saturated rings. The Kier molecular flexibility index (Phi) is 4.71. The Morgan fingerprint density at radius 3 is 2.85 bits per heavy atom. The number of thioether (sulfide) groups is 1. The molecule has 0 unspecified atom stereocenters. The van der Waals surface area contributed by atoms with Gasteiger partial charge in [0.1, 0.15) is 11.6 Å². The van der Waals surface area contributed by atoms with Crippen molar-refractivity contribution in [3.8, 4) is 0 Å². The van der Waals surface area contributed by atoms with E-state index >= 15 is 0 Å². The minimum absolute atomic E-state index is 0.0144. The molecule has 0 saturated carbocycles. The minimum atomic E-state index is -0.844. The van der Waals surface area contributed by atoms with Crippen LogP contribution in [0.4, 0.5) is 14.5 Å². The monoisotopic (exact) mass is 362 g/mol. The maximum Gasteiger partial charge on any atom is 0.234 e. The van der Waals surface area contributed by atoms with E-state index in [0.717, 1.165) is 17.8 Å². The van der Waals surface area contributed by atoms with Gasteiger partial charge in [-0.25, -0.2) is 13.8 Å². The highest BCUT2D eigenvalue weighted by molar-refractivity contribution is 9.10. The molecule has 0 bridgehead atoms. The molecule has 0 spiro atoms. The second-order valence-corrected chi connectivity index (χ2v) is 5.58. The fourth-order valence-corrected chi connectivity index (χ4v) is 2.51. The Morgan fingerprint density at radius 1 is 1.50 bits per heavy atom. The number of anilines is 1. The first-order valence-electron chi connectivity index (χ1n) is 5.42. The molecular formula is C11H9BrF2N4OS. The summed E-state index contributed by atoms with van der Waals surface area (Å²) in [7, 11) is 0. The molecule has 0 aliphatic carbocycles. The Bertz CT molecular complexity index is 626. The third-order valence-electron chi connectivity index (χ3n) is 2.18. The quantitative estimate of drug-likeness (QED) is 0.820. The number of hydrogen-bond donors (Lipinski definition) is 2. The summed E-state index contributed by atoms with van der Waals surface area (Å²) in [5.41, 5.74) is -0.0943. The van der Waals surface area contributed by atoms with Gasteiger partial charge >= 0.3 is 0 Å². The Hall–Kier alpha value is -1.48. The summed E-state index contributed by atoms with van der Waals surface area (Å²) < 4.78 is 26.6. The number of nitrogens with zero attached hydrogens (tertiary/aromatic N) is 2. The van der Waals surface area contributed by atoms with Crippen LogP contribution in [0.15, 0.2) is 21.8 Å². The highest BCUT2D eigenvalue weighted by atomic mass is 79.9. The number of benzene rings is 1. The molecule has 0 radical (unpaired) electrons.